The molecule has 0 amide bonds. The van der Waals surface area contributed by atoms with Gasteiger partial charge in [0.15, 0.2) is 0 Å². The minimum absolute atomic E-state index is 0.132. The van der Waals surface area contributed by atoms with Gasteiger partial charge in [0.2, 0.25) is 0 Å². The third kappa shape index (κ3) is 2.74. The Hall–Kier alpha value is -2.10. The van der Waals surface area contributed by atoms with Gasteiger partial charge in [-0.1, -0.05) is 56.2 Å². The average Bonchev–Trinajstić information content (AvgIpc) is 2.47. The smallest absolute Gasteiger partial charge is 0.270 e. The van der Waals surface area contributed by atoms with E-state index in [1.807, 2.05) is 36.4 Å². The predicted molar refractivity (Wildman–Crippen MR) is 79.6 cm³/mol. The molecule has 106 valence electrons. The zero-order valence-corrected chi connectivity index (χ0v) is 11.7. The van der Waals surface area contributed by atoms with Gasteiger partial charge in [-0.2, -0.15) is 0 Å². The first-order chi connectivity index (χ1) is 9.59. The van der Waals surface area contributed by atoms with Crippen molar-refractivity contribution < 1.29 is 4.92 Å². The summed E-state index contributed by atoms with van der Waals surface area (Å²) in [6.45, 7) is 2.13. The van der Waals surface area contributed by atoms with Crippen molar-refractivity contribution in [3.05, 3.63) is 69.6 Å². The number of nitrogens with zero attached hydrogens (tertiary/aromatic N) is 1. The van der Waals surface area contributed by atoms with Crippen LogP contribution in [0.25, 0.3) is 0 Å². The van der Waals surface area contributed by atoms with Gasteiger partial charge < -0.3 is 5.73 Å². The van der Waals surface area contributed by atoms with Gasteiger partial charge in [0.1, 0.15) is 5.70 Å². The van der Waals surface area contributed by atoms with E-state index in [0.717, 1.165) is 24.8 Å². The van der Waals surface area contributed by atoms with Gasteiger partial charge in [0.25, 0.3) is 5.70 Å². The second-order valence-corrected chi connectivity index (χ2v) is 5.29. The number of nitro groups is 1. The Morgan fingerprint density at radius 3 is 2.65 bits per heavy atom. The molecule has 0 aliphatic heterocycles. The fourth-order valence-corrected chi connectivity index (χ4v) is 2.75. The SMILES string of the molecule is CCCCC1(c2ccccc2)C=CC(N)=C([N+](=O)[O-])C1. The molecule has 0 fully saturated rings. The molecule has 1 atom stereocenters. The van der Waals surface area contributed by atoms with Crippen molar-refractivity contribution in [2.45, 2.75) is 38.0 Å². The van der Waals surface area contributed by atoms with Gasteiger partial charge in [0.05, 0.1) is 11.3 Å². The summed E-state index contributed by atoms with van der Waals surface area (Å²) < 4.78 is 0. The van der Waals surface area contributed by atoms with Gasteiger partial charge in [-0.15, -0.1) is 0 Å². The molecule has 2 rings (SSSR count). The first-order valence-electron chi connectivity index (χ1n) is 6.97. The van der Waals surface area contributed by atoms with Crippen LogP contribution in [0.15, 0.2) is 53.9 Å². The van der Waals surface area contributed by atoms with Crippen molar-refractivity contribution in [3.63, 3.8) is 0 Å². The van der Waals surface area contributed by atoms with Crippen LogP contribution < -0.4 is 5.73 Å². The maximum Gasteiger partial charge on any atom is 0.270 e. The fourth-order valence-electron chi connectivity index (χ4n) is 2.75. The third-order valence-electron chi connectivity index (χ3n) is 3.94. The van der Waals surface area contributed by atoms with Gasteiger partial charge in [0, 0.05) is 5.41 Å². The van der Waals surface area contributed by atoms with Crippen LogP contribution in [0.2, 0.25) is 0 Å². The zero-order valence-electron chi connectivity index (χ0n) is 11.7. The molecule has 2 N–H and O–H groups in total. The molecule has 0 aromatic heterocycles. The Balaban J connectivity index is 2.41. The number of benzene rings is 1. The summed E-state index contributed by atoms with van der Waals surface area (Å²) in [5.41, 5.74) is 6.99. The summed E-state index contributed by atoms with van der Waals surface area (Å²) in [5, 5.41) is 11.2. The molecule has 0 bridgehead atoms. The molecular weight excluding hydrogens is 252 g/mol. The summed E-state index contributed by atoms with van der Waals surface area (Å²) in [6.07, 6.45) is 7.10. The molecule has 1 aromatic carbocycles. The summed E-state index contributed by atoms with van der Waals surface area (Å²) in [6, 6.07) is 10.00. The Morgan fingerprint density at radius 1 is 1.35 bits per heavy atom. The van der Waals surface area contributed by atoms with Crippen LogP contribution in [0.4, 0.5) is 0 Å². The third-order valence-corrected chi connectivity index (χ3v) is 3.94. The number of allylic oxidation sites excluding steroid dienone is 3. The molecule has 1 aliphatic carbocycles. The van der Waals surface area contributed by atoms with Crippen LogP contribution in [0.1, 0.15) is 38.2 Å². The molecule has 4 heteroatoms. The highest BCUT2D eigenvalue weighted by Gasteiger charge is 2.37. The Kier molecular flexibility index (Phi) is 4.23. The lowest BCUT2D eigenvalue weighted by Crippen LogP contribution is -2.30. The van der Waals surface area contributed by atoms with Crippen molar-refractivity contribution in [1.29, 1.82) is 0 Å². The molecule has 0 saturated carbocycles. The van der Waals surface area contributed by atoms with Gasteiger partial charge in [-0.05, 0) is 18.1 Å². The predicted octanol–water partition coefficient (Wildman–Crippen LogP) is 3.52. The molecule has 1 unspecified atom stereocenters. The first kappa shape index (κ1) is 14.3. The molecule has 4 nitrogen and oxygen atoms in total. The van der Waals surface area contributed by atoms with E-state index in [0.29, 0.717) is 6.42 Å². The summed E-state index contributed by atoms with van der Waals surface area (Å²) in [7, 11) is 0. The minimum Gasteiger partial charge on any atom is -0.393 e. The number of hydrogen-bond acceptors (Lipinski definition) is 3. The maximum atomic E-state index is 11.2. The van der Waals surface area contributed by atoms with Crippen molar-refractivity contribution in [3.8, 4) is 0 Å². The monoisotopic (exact) mass is 272 g/mol. The van der Waals surface area contributed by atoms with Crippen LogP contribution in [0.5, 0.6) is 0 Å². The minimum atomic E-state index is -0.345. The Morgan fingerprint density at radius 2 is 2.05 bits per heavy atom. The van der Waals surface area contributed by atoms with E-state index >= 15 is 0 Å². The van der Waals surface area contributed by atoms with Gasteiger partial charge in [-0.25, -0.2) is 0 Å². The normalized spacial score (nSPS) is 22.1. The molecule has 0 heterocycles. The summed E-state index contributed by atoms with van der Waals surface area (Å²) >= 11 is 0. The van der Waals surface area contributed by atoms with E-state index in [1.165, 1.54) is 0 Å². The summed E-state index contributed by atoms with van der Waals surface area (Å²) in [4.78, 5) is 10.8. The lowest BCUT2D eigenvalue weighted by atomic mass is 9.71. The number of hydrogen-bond donors (Lipinski definition) is 1. The second kappa shape index (κ2) is 5.90. The van der Waals surface area contributed by atoms with Gasteiger partial charge in [-0.3, -0.25) is 10.1 Å². The fraction of sp³-hybridized carbons (Fsp3) is 0.375. The van der Waals surface area contributed by atoms with Crippen molar-refractivity contribution in [2.24, 2.45) is 5.73 Å². The Labute approximate surface area is 119 Å². The highest BCUT2D eigenvalue weighted by atomic mass is 16.6. The van der Waals surface area contributed by atoms with Crippen molar-refractivity contribution in [1.82, 2.24) is 0 Å². The van der Waals surface area contributed by atoms with E-state index < -0.39 is 0 Å². The number of unbranched alkanes of at least 4 members (excludes halogenated alkanes) is 1. The number of nitrogens with two attached hydrogens (primary N) is 1. The van der Waals surface area contributed by atoms with E-state index in [9.17, 15) is 10.1 Å². The van der Waals surface area contributed by atoms with E-state index in [4.69, 9.17) is 5.73 Å². The lowest BCUT2D eigenvalue weighted by Gasteiger charge is -2.32. The topological polar surface area (TPSA) is 69.2 Å². The number of rotatable bonds is 5. The van der Waals surface area contributed by atoms with Crippen LogP contribution in [0, 0.1) is 10.1 Å². The highest BCUT2D eigenvalue weighted by Crippen LogP contribution is 2.40. The molecule has 1 aromatic rings. The lowest BCUT2D eigenvalue weighted by molar-refractivity contribution is -0.430. The molecule has 0 spiro atoms. The quantitative estimate of drug-likeness (QED) is 0.658. The van der Waals surface area contributed by atoms with E-state index in [1.54, 1.807) is 6.08 Å². The maximum absolute atomic E-state index is 11.2. The molecule has 20 heavy (non-hydrogen) atoms. The second-order valence-electron chi connectivity index (χ2n) is 5.29. The van der Waals surface area contributed by atoms with Crippen LogP contribution >= 0.6 is 0 Å². The molecule has 0 saturated heterocycles. The van der Waals surface area contributed by atoms with E-state index in [2.05, 4.69) is 6.92 Å². The highest BCUT2D eigenvalue weighted by molar-refractivity contribution is 5.39. The molecular formula is C16H20N2O2. The average molecular weight is 272 g/mol. The van der Waals surface area contributed by atoms with Crippen LogP contribution in [0.3, 0.4) is 0 Å². The Bertz CT molecular complexity index is 549. The van der Waals surface area contributed by atoms with Crippen molar-refractivity contribution >= 4 is 0 Å². The van der Waals surface area contributed by atoms with Gasteiger partial charge >= 0.3 is 0 Å². The van der Waals surface area contributed by atoms with Crippen molar-refractivity contribution in [2.75, 3.05) is 0 Å². The van der Waals surface area contributed by atoms with Crippen LogP contribution in [-0.2, 0) is 5.41 Å². The zero-order chi connectivity index (χ0) is 14.6. The van der Waals surface area contributed by atoms with Crippen LogP contribution in [-0.4, -0.2) is 4.92 Å². The standard InChI is InChI=1S/C16H20N2O2/c1-2-3-10-16(13-7-5-4-6-8-13)11-9-14(17)15(12-16)18(19)20/h4-9,11H,2-3,10,12,17H2,1H3. The molecule has 1 aliphatic rings. The summed E-state index contributed by atoms with van der Waals surface area (Å²) in [5.74, 6) is 0. The first-order valence-corrected chi connectivity index (χ1v) is 6.97. The largest absolute Gasteiger partial charge is 0.393 e. The van der Waals surface area contributed by atoms with E-state index in [-0.39, 0.29) is 21.7 Å². The molecule has 0 radical (unpaired) electrons.